The summed E-state index contributed by atoms with van der Waals surface area (Å²) in [6, 6.07) is -0.736. The van der Waals surface area contributed by atoms with Gasteiger partial charge in [-0.05, 0) is 80.7 Å². The van der Waals surface area contributed by atoms with E-state index in [9.17, 15) is 20.1 Å². The van der Waals surface area contributed by atoms with Crippen LogP contribution in [0.15, 0.2) is 0 Å². The zero-order chi connectivity index (χ0) is 38.4. The van der Waals surface area contributed by atoms with Crippen LogP contribution in [0, 0.1) is 23.7 Å². The highest BCUT2D eigenvalue weighted by Crippen LogP contribution is 2.47. The zero-order valence-electron chi connectivity index (χ0n) is 33.9. The van der Waals surface area contributed by atoms with Crippen molar-refractivity contribution in [2.24, 2.45) is 23.7 Å². The lowest BCUT2D eigenvalue weighted by Gasteiger charge is -2.48. The number of aliphatic hydroxyl groups is 3. The molecule has 0 aromatic heterocycles. The van der Waals surface area contributed by atoms with E-state index in [1.54, 1.807) is 14.0 Å². The highest BCUT2D eigenvalue weighted by atomic mass is 16.7. The molecule has 1 amide bonds. The number of rotatable bonds is 8. The first-order valence-corrected chi connectivity index (χ1v) is 19.5. The highest BCUT2D eigenvalue weighted by molar-refractivity contribution is 5.79. The van der Waals surface area contributed by atoms with Crippen LogP contribution >= 0.6 is 0 Å². The smallest absolute Gasteiger partial charge is 0.225 e. The maximum absolute atomic E-state index is 14.3. The first-order chi connectivity index (χ1) is 23.6. The summed E-state index contributed by atoms with van der Waals surface area (Å²) in [5, 5.41) is 38.5. The summed E-state index contributed by atoms with van der Waals surface area (Å²) in [5.41, 5.74) is -3.07. The number of likely N-dealkylation sites (N-methyl/N-ethyl adjacent to an activating group) is 1. The predicted molar refractivity (Wildman–Crippen MR) is 194 cm³/mol. The maximum Gasteiger partial charge on any atom is 0.225 e. The number of fused-ring (bicyclic) bond motifs is 2. The SMILES string of the molecule is CC[C@H]1NC(=O)[C@H](C)[C@@H](OC2C[C@@](C)(OC)C[C@H](C)O2)[C@H](C)[C@@H](OC2O[C@H](C)CC(N(C)C(C)C)[C@H]2O)C2(C)CC(C)C(O2)[C@H](C)[C@@H](O)[C@]1(C)O. The molecular weight excluding hydrogens is 656 g/mol. The van der Waals surface area contributed by atoms with Gasteiger partial charge in [-0.15, -0.1) is 0 Å². The van der Waals surface area contributed by atoms with Gasteiger partial charge in [0.05, 0.1) is 59.8 Å². The van der Waals surface area contributed by atoms with Crippen LogP contribution in [0.25, 0.3) is 0 Å². The van der Waals surface area contributed by atoms with Crippen LogP contribution in [0.3, 0.4) is 0 Å². The number of hydrogen-bond donors (Lipinski definition) is 4. The van der Waals surface area contributed by atoms with Gasteiger partial charge in [-0.3, -0.25) is 9.69 Å². The number of methoxy groups -OCH3 is 1. The van der Waals surface area contributed by atoms with E-state index in [4.69, 9.17) is 28.4 Å². The number of carbonyl (C=O) groups is 1. The molecule has 298 valence electrons. The van der Waals surface area contributed by atoms with Crippen LogP contribution in [0.2, 0.25) is 0 Å². The molecule has 6 unspecified atom stereocenters. The van der Waals surface area contributed by atoms with E-state index in [-0.39, 0.29) is 36.1 Å². The minimum atomic E-state index is -1.65. The van der Waals surface area contributed by atoms with Crippen molar-refractivity contribution in [3.8, 4) is 0 Å². The van der Waals surface area contributed by atoms with Crippen LogP contribution in [-0.2, 0) is 33.2 Å². The summed E-state index contributed by atoms with van der Waals surface area (Å²) >= 11 is 0. The molecule has 0 aromatic carbocycles. The fourth-order valence-corrected chi connectivity index (χ4v) is 9.66. The second-order valence-corrected chi connectivity index (χ2v) is 17.7. The molecule has 12 heteroatoms. The standard InChI is InChI=1S/C39H72N2O10/c1-15-28-39(12,45)33(43)24(7)31-21(4)17-38(11,51-31)34(50-36-30(42)27(16-22(5)48-36)41(13)20(2)3)25(8)32(26(9)35(44)40-28)49-29-19-37(10,46-14)18-23(6)47-29/h20-34,36,42-43,45H,15-19H2,1-14H3,(H,40,44)/t21?,22-,23+,24+,25+,26-,27?,28-,29?,30-,31?,32+,33-,34-,36?,37+,38?,39-/m1/s1. The molecule has 4 heterocycles. The lowest BCUT2D eigenvalue weighted by molar-refractivity contribution is -0.312. The number of ether oxygens (including phenoxy) is 6. The monoisotopic (exact) mass is 729 g/mol. The van der Waals surface area contributed by atoms with E-state index in [0.29, 0.717) is 32.1 Å². The van der Waals surface area contributed by atoms with E-state index in [0.717, 1.165) is 0 Å². The Labute approximate surface area is 307 Å². The third kappa shape index (κ3) is 8.97. The summed E-state index contributed by atoms with van der Waals surface area (Å²) in [5.74, 6) is -2.03. The lowest BCUT2D eigenvalue weighted by Crippen LogP contribution is -2.61. The predicted octanol–water partition coefficient (Wildman–Crippen LogP) is 4.00. The van der Waals surface area contributed by atoms with Gasteiger partial charge in [-0.1, -0.05) is 34.6 Å². The molecule has 4 rings (SSSR count). The van der Waals surface area contributed by atoms with Gasteiger partial charge >= 0.3 is 0 Å². The van der Waals surface area contributed by atoms with Crippen LogP contribution in [0.1, 0.15) is 115 Å². The normalized spacial score (nSPS) is 50.4. The largest absolute Gasteiger partial charge is 0.390 e. The maximum atomic E-state index is 14.3. The van der Waals surface area contributed by atoms with Gasteiger partial charge in [0.1, 0.15) is 11.7 Å². The number of nitrogens with zero attached hydrogens (tertiary/aromatic N) is 1. The Bertz CT molecular complexity index is 1160. The summed E-state index contributed by atoms with van der Waals surface area (Å²) in [6.07, 6.45) is -3.23. The van der Waals surface area contributed by atoms with E-state index >= 15 is 0 Å². The number of aliphatic hydroxyl groups excluding tert-OH is 2. The van der Waals surface area contributed by atoms with Crippen LogP contribution < -0.4 is 5.32 Å². The Kier molecular flexibility index (Phi) is 13.8. The van der Waals surface area contributed by atoms with Crippen molar-refractivity contribution in [3.05, 3.63) is 0 Å². The number of carbonyl (C=O) groups excluding carboxylic acids is 1. The number of nitrogens with one attached hydrogen (secondary N) is 1. The van der Waals surface area contributed by atoms with E-state index in [2.05, 4.69) is 31.0 Å². The van der Waals surface area contributed by atoms with Crippen molar-refractivity contribution in [3.63, 3.8) is 0 Å². The van der Waals surface area contributed by atoms with Crippen molar-refractivity contribution in [1.29, 1.82) is 0 Å². The van der Waals surface area contributed by atoms with Gasteiger partial charge in [0.15, 0.2) is 12.6 Å². The van der Waals surface area contributed by atoms with Gasteiger partial charge < -0.3 is 49.1 Å². The van der Waals surface area contributed by atoms with Crippen molar-refractivity contribution in [2.75, 3.05) is 14.2 Å². The van der Waals surface area contributed by atoms with E-state index in [1.165, 1.54) is 0 Å². The minimum Gasteiger partial charge on any atom is -0.390 e. The Morgan fingerprint density at radius 1 is 0.961 bits per heavy atom. The third-order valence-corrected chi connectivity index (χ3v) is 13.0. The van der Waals surface area contributed by atoms with Crippen molar-refractivity contribution < 1.29 is 48.5 Å². The lowest BCUT2D eigenvalue weighted by atomic mass is 9.75. The molecule has 2 bridgehead atoms. The number of hydrogen-bond acceptors (Lipinski definition) is 11. The van der Waals surface area contributed by atoms with Crippen LogP contribution in [0.5, 0.6) is 0 Å². The molecule has 4 aliphatic rings. The molecule has 4 aliphatic heterocycles. The molecule has 0 aliphatic carbocycles. The molecule has 51 heavy (non-hydrogen) atoms. The van der Waals surface area contributed by atoms with Gasteiger partial charge in [0, 0.05) is 43.9 Å². The summed E-state index contributed by atoms with van der Waals surface area (Å²) in [4.78, 5) is 16.4. The molecule has 0 spiro atoms. The highest BCUT2D eigenvalue weighted by Gasteiger charge is 2.57. The fraction of sp³-hybridized carbons (Fsp3) is 0.974. The van der Waals surface area contributed by atoms with Gasteiger partial charge in [0.2, 0.25) is 5.91 Å². The second kappa shape index (κ2) is 16.4. The average Bonchev–Trinajstić information content (AvgIpc) is 3.37. The molecule has 4 fully saturated rings. The Hall–Kier alpha value is -0.930. The van der Waals surface area contributed by atoms with Crippen LogP contribution in [0.4, 0.5) is 0 Å². The molecule has 0 saturated carbocycles. The average molecular weight is 729 g/mol. The molecule has 18 atom stereocenters. The quantitative estimate of drug-likeness (QED) is 0.288. The first-order valence-electron chi connectivity index (χ1n) is 19.5. The number of amides is 1. The molecule has 12 nitrogen and oxygen atoms in total. The first kappa shape index (κ1) is 42.8. The van der Waals surface area contributed by atoms with Crippen molar-refractivity contribution in [2.45, 2.75) is 205 Å². The van der Waals surface area contributed by atoms with E-state index in [1.807, 2.05) is 62.4 Å². The Balaban J connectivity index is 1.83. The molecule has 0 aromatic rings. The van der Waals surface area contributed by atoms with E-state index < -0.39 is 83.7 Å². The third-order valence-electron chi connectivity index (χ3n) is 13.0. The van der Waals surface area contributed by atoms with Gasteiger partial charge in [-0.2, -0.15) is 0 Å². The summed E-state index contributed by atoms with van der Waals surface area (Å²) < 4.78 is 39.6. The fourth-order valence-electron chi connectivity index (χ4n) is 9.66. The summed E-state index contributed by atoms with van der Waals surface area (Å²) in [7, 11) is 3.70. The Morgan fingerprint density at radius 3 is 2.20 bits per heavy atom. The second-order valence-electron chi connectivity index (χ2n) is 17.7. The van der Waals surface area contributed by atoms with Crippen molar-refractivity contribution >= 4 is 5.91 Å². The topological polar surface area (TPSA) is 148 Å². The zero-order valence-corrected chi connectivity index (χ0v) is 33.9. The van der Waals surface area contributed by atoms with Crippen LogP contribution in [-0.4, -0.2) is 131 Å². The molecular formula is C39H72N2O10. The molecule has 4 N–H and O–H groups in total. The van der Waals surface area contributed by atoms with Gasteiger partial charge in [0.25, 0.3) is 0 Å². The van der Waals surface area contributed by atoms with Gasteiger partial charge in [-0.25, -0.2) is 0 Å². The summed E-state index contributed by atoms with van der Waals surface area (Å²) in [6.45, 7) is 23.5. The Morgan fingerprint density at radius 2 is 1.61 bits per heavy atom. The minimum absolute atomic E-state index is 0.0102. The molecule has 0 radical (unpaired) electrons. The molecule has 4 saturated heterocycles. The van der Waals surface area contributed by atoms with Crippen molar-refractivity contribution in [1.82, 2.24) is 10.2 Å².